The highest BCUT2D eigenvalue weighted by Crippen LogP contribution is 2.13. The number of carbonyl (C=O) groups excluding carboxylic acids is 1. The zero-order valence-electron chi connectivity index (χ0n) is 13.0. The second-order valence-electron chi connectivity index (χ2n) is 4.99. The van der Waals surface area contributed by atoms with Gasteiger partial charge in [0.05, 0.1) is 6.61 Å². The van der Waals surface area contributed by atoms with Crippen LogP contribution in [0, 0.1) is 0 Å². The number of urea groups is 1. The first-order valence-corrected chi connectivity index (χ1v) is 8.30. The van der Waals surface area contributed by atoms with Gasteiger partial charge in [0.1, 0.15) is 5.75 Å². The minimum atomic E-state index is -0.0505. The molecule has 0 radical (unpaired) electrons. The molecule has 4 nitrogen and oxygen atoms in total. The van der Waals surface area contributed by atoms with Gasteiger partial charge in [-0.15, -0.1) is 11.3 Å². The molecule has 0 saturated carbocycles. The van der Waals surface area contributed by atoms with Gasteiger partial charge in [-0.3, -0.25) is 0 Å². The summed E-state index contributed by atoms with van der Waals surface area (Å²) in [5.41, 5.74) is 1.08. The lowest BCUT2D eigenvalue weighted by Gasteiger charge is -2.18. The summed E-state index contributed by atoms with van der Waals surface area (Å²) in [7, 11) is 1.80. The lowest BCUT2D eigenvalue weighted by molar-refractivity contribution is 0.207. The molecule has 0 aliphatic rings. The highest BCUT2D eigenvalue weighted by Gasteiger charge is 2.08. The second kappa shape index (κ2) is 8.44. The van der Waals surface area contributed by atoms with Crippen LogP contribution in [0.5, 0.6) is 5.75 Å². The van der Waals surface area contributed by atoms with Crippen molar-refractivity contribution in [2.24, 2.45) is 0 Å². The van der Waals surface area contributed by atoms with Gasteiger partial charge in [-0.25, -0.2) is 4.79 Å². The summed E-state index contributed by atoms with van der Waals surface area (Å²) in [5.74, 6) is 0.856. The van der Waals surface area contributed by atoms with Crippen LogP contribution in [0.4, 0.5) is 4.79 Å². The Labute approximate surface area is 135 Å². The van der Waals surface area contributed by atoms with E-state index in [9.17, 15) is 4.79 Å². The first-order chi connectivity index (χ1) is 10.7. The maximum absolute atomic E-state index is 12.0. The van der Waals surface area contributed by atoms with E-state index in [2.05, 4.69) is 16.8 Å². The van der Waals surface area contributed by atoms with Crippen LogP contribution in [-0.4, -0.2) is 31.1 Å². The van der Waals surface area contributed by atoms with Crippen LogP contribution in [0.3, 0.4) is 0 Å². The molecule has 2 aromatic rings. The van der Waals surface area contributed by atoms with Crippen LogP contribution in [0.2, 0.25) is 0 Å². The van der Waals surface area contributed by atoms with Crippen molar-refractivity contribution < 1.29 is 9.53 Å². The Morgan fingerprint density at radius 1 is 1.27 bits per heavy atom. The molecule has 0 spiro atoms. The average molecular weight is 318 g/mol. The molecule has 2 rings (SSSR count). The van der Waals surface area contributed by atoms with Crippen LogP contribution in [0.15, 0.2) is 41.8 Å². The van der Waals surface area contributed by atoms with E-state index in [1.165, 1.54) is 4.88 Å². The molecular weight excluding hydrogens is 296 g/mol. The van der Waals surface area contributed by atoms with Gasteiger partial charge < -0.3 is 15.0 Å². The largest absolute Gasteiger partial charge is 0.494 e. The van der Waals surface area contributed by atoms with Crippen molar-refractivity contribution in [1.29, 1.82) is 0 Å². The van der Waals surface area contributed by atoms with E-state index in [0.29, 0.717) is 19.7 Å². The van der Waals surface area contributed by atoms with E-state index in [-0.39, 0.29) is 6.03 Å². The normalized spacial score (nSPS) is 10.3. The van der Waals surface area contributed by atoms with Crippen molar-refractivity contribution in [3.8, 4) is 5.75 Å². The predicted molar refractivity (Wildman–Crippen MR) is 90.5 cm³/mol. The van der Waals surface area contributed by atoms with Crippen LogP contribution in [0.1, 0.15) is 17.4 Å². The molecule has 118 valence electrons. The first-order valence-electron chi connectivity index (χ1n) is 7.42. The lowest BCUT2D eigenvalue weighted by atomic mass is 10.2. The van der Waals surface area contributed by atoms with E-state index in [1.807, 2.05) is 37.3 Å². The monoisotopic (exact) mass is 318 g/mol. The molecule has 5 heteroatoms. The second-order valence-corrected chi connectivity index (χ2v) is 6.03. The number of hydrogen-bond donors (Lipinski definition) is 1. The maximum Gasteiger partial charge on any atom is 0.317 e. The van der Waals surface area contributed by atoms with Crippen LogP contribution in [-0.2, 0) is 13.0 Å². The minimum absolute atomic E-state index is 0.0505. The molecule has 1 aromatic carbocycles. The number of nitrogens with one attached hydrogen (secondary N) is 1. The molecule has 1 heterocycles. The number of hydrogen-bond acceptors (Lipinski definition) is 3. The molecule has 1 aromatic heterocycles. The average Bonchev–Trinajstić information content (AvgIpc) is 3.02. The fourth-order valence-corrected chi connectivity index (χ4v) is 2.79. The number of amides is 2. The Morgan fingerprint density at radius 3 is 2.68 bits per heavy atom. The number of thiophene rings is 1. The van der Waals surface area contributed by atoms with Crippen LogP contribution >= 0.6 is 11.3 Å². The summed E-state index contributed by atoms with van der Waals surface area (Å²) in [6.07, 6.45) is 0.875. The van der Waals surface area contributed by atoms with E-state index in [0.717, 1.165) is 17.7 Å². The number of benzene rings is 1. The Balaban J connectivity index is 1.75. The zero-order chi connectivity index (χ0) is 15.8. The molecule has 0 bridgehead atoms. The maximum atomic E-state index is 12.0. The van der Waals surface area contributed by atoms with Gasteiger partial charge in [0.2, 0.25) is 0 Å². The number of carbonyl (C=O) groups is 1. The van der Waals surface area contributed by atoms with Crippen LogP contribution < -0.4 is 10.1 Å². The Hall–Kier alpha value is -2.01. The third-order valence-corrected chi connectivity index (χ3v) is 4.16. The number of rotatable bonds is 7. The quantitative estimate of drug-likeness (QED) is 0.848. The van der Waals surface area contributed by atoms with E-state index in [1.54, 1.807) is 23.3 Å². The smallest absolute Gasteiger partial charge is 0.317 e. The third kappa shape index (κ3) is 5.07. The van der Waals surface area contributed by atoms with Gasteiger partial charge in [0.15, 0.2) is 0 Å². The summed E-state index contributed by atoms with van der Waals surface area (Å²) in [6, 6.07) is 11.9. The molecule has 0 aliphatic carbocycles. The Morgan fingerprint density at radius 2 is 2.05 bits per heavy atom. The lowest BCUT2D eigenvalue weighted by Crippen LogP contribution is -2.37. The minimum Gasteiger partial charge on any atom is -0.494 e. The molecule has 0 fully saturated rings. The van der Waals surface area contributed by atoms with Crippen molar-refractivity contribution in [2.45, 2.75) is 19.9 Å². The van der Waals surface area contributed by atoms with E-state index in [4.69, 9.17) is 4.74 Å². The number of ether oxygens (including phenoxy) is 1. The van der Waals surface area contributed by atoms with Gasteiger partial charge >= 0.3 is 6.03 Å². The molecule has 2 amide bonds. The van der Waals surface area contributed by atoms with E-state index >= 15 is 0 Å². The summed E-state index contributed by atoms with van der Waals surface area (Å²) in [4.78, 5) is 15.0. The summed E-state index contributed by atoms with van der Waals surface area (Å²) in [6.45, 7) is 3.86. The van der Waals surface area contributed by atoms with E-state index < -0.39 is 0 Å². The SMILES string of the molecule is CCOc1ccc(CN(C)C(=O)NCCc2cccs2)cc1. The van der Waals surface area contributed by atoms with Crippen molar-refractivity contribution in [2.75, 3.05) is 20.2 Å². The van der Waals surface area contributed by atoms with Crippen molar-refractivity contribution >= 4 is 17.4 Å². The predicted octanol–water partition coefficient (Wildman–Crippen LogP) is 3.53. The fraction of sp³-hybridized carbons (Fsp3) is 0.353. The Bertz CT molecular complexity index is 567. The van der Waals surface area contributed by atoms with Crippen molar-refractivity contribution in [3.05, 3.63) is 52.2 Å². The van der Waals surface area contributed by atoms with Gasteiger partial charge in [0, 0.05) is 25.0 Å². The highest BCUT2D eigenvalue weighted by molar-refractivity contribution is 7.09. The zero-order valence-corrected chi connectivity index (χ0v) is 13.9. The van der Waals surface area contributed by atoms with Crippen LogP contribution in [0.25, 0.3) is 0 Å². The fourth-order valence-electron chi connectivity index (χ4n) is 2.09. The molecule has 1 N–H and O–H groups in total. The summed E-state index contributed by atoms with van der Waals surface area (Å²) < 4.78 is 5.41. The topological polar surface area (TPSA) is 41.6 Å². The molecule has 0 aliphatic heterocycles. The van der Waals surface area contributed by atoms with Gasteiger partial charge in [-0.05, 0) is 42.5 Å². The first kappa shape index (κ1) is 16.4. The standard InChI is InChI=1S/C17H22N2O2S/c1-3-21-15-8-6-14(7-9-15)13-19(2)17(20)18-11-10-16-5-4-12-22-16/h4-9,12H,3,10-11,13H2,1-2H3,(H,18,20). The summed E-state index contributed by atoms with van der Waals surface area (Å²) in [5, 5.41) is 4.99. The van der Waals surface area contributed by atoms with Gasteiger partial charge in [-0.1, -0.05) is 18.2 Å². The molecule has 0 atom stereocenters. The molecule has 0 unspecified atom stereocenters. The Kier molecular flexibility index (Phi) is 6.27. The summed E-state index contributed by atoms with van der Waals surface area (Å²) >= 11 is 1.71. The molecular formula is C17H22N2O2S. The van der Waals surface area contributed by atoms with Gasteiger partial charge in [0.25, 0.3) is 0 Å². The van der Waals surface area contributed by atoms with Crippen molar-refractivity contribution in [1.82, 2.24) is 10.2 Å². The highest BCUT2D eigenvalue weighted by atomic mass is 32.1. The van der Waals surface area contributed by atoms with Gasteiger partial charge in [-0.2, -0.15) is 0 Å². The molecule has 0 saturated heterocycles. The number of nitrogens with zero attached hydrogens (tertiary/aromatic N) is 1. The van der Waals surface area contributed by atoms with Crippen molar-refractivity contribution in [3.63, 3.8) is 0 Å². The third-order valence-electron chi connectivity index (χ3n) is 3.23. The molecule has 22 heavy (non-hydrogen) atoms.